The van der Waals surface area contributed by atoms with Gasteiger partial charge in [-0.25, -0.2) is 0 Å². The third kappa shape index (κ3) is 36.0. The second-order valence-electron chi connectivity index (χ2n) is 27.1. The summed E-state index contributed by atoms with van der Waals surface area (Å²) in [4.78, 5) is 269. The number of unbranched alkanes of at least 4 members (excludes halogenated alkanes) is 2. The molecule has 42 heteroatoms. The third-order valence-electron chi connectivity index (χ3n) is 17.4. The van der Waals surface area contributed by atoms with Gasteiger partial charge in [0.2, 0.25) is 46.9 Å². The summed E-state index contributed by atoms with van der Waals surface area (Å²) >= 11 is 0. The fraction of sp³-hybridized carbons (Fsp3) is 0.708. The van der Waals surface area contributed by atoms with Crippen LogP contribution in [0, 0.1) is 0 Å². The normalized spacial score (nSPS) is 23.0. The van der Waals surface area contributed by atoms with Crippen molar-refractivity contribution in [3.05, 3.63) is 0 Å². The van der Waals surface area contributed by atoms with Crippen LogP contribution in [0.3, 0.4) is 0 Å². The van der Waals surface area contributed by atoms with E-state index in [0.717, 1.165) is 88.0 Å². The fourth-order valence-corrected chi connectivity index (χ4v) is 12.8. The van der Waals surface area contributed by atoms with Gasteiger partial charge in [-0.1, -0.05) is 6.42 Å². The minimum Gasteiger partial charge on any atom is -0.481 e. The van der Waals surface area contributed by atoms with E-state index in [1.165, 1.54) is 0 Å². The number of carbonyl (C=O) groups is 21. The van der Waals surface area contributed by atoms with E-state index in [4.69, 9.17) is 61.9 Å². The Bertz CT molecular complexity index is 3330. The number of carboxylic acids is 1. The van der Waals surface area contributed by atoms with Crippen LogP contribution in [-0.2, 0) is 158 Å². The zero-order valence-corrected chi connectivity index (χ0v) is 65.9. The molecule has 15 unspecified atom stereocenters. The van der Waals surface area contributed by atoms with Crippen molar-refractivity contribution in [3.63, 3.8) is 0 Å². The summed E-state index contributed by atoms with van der Waals surface area (Å²) in [6.07, 6.45) is -18.8. The van der Waals surface area contributed by atoms with Crippen molar-refractivity contribution in [1.82, 2.24) is 42.1 Å². The first-order valence-electron chi connectivity index (χ1n) is 37.0. The van der Waals surface area contributed by atoms with E-state index in [-0.39, 0.29) is 64.3 Å². The summed E-state index contributed by atoms with van der Waals surface area (Å²) in [5.74, 6) is -19.0. The van der Waals surface area contributed by atoms with Gasteiger partial charge in [0.05, 0.1) is 36.4 Å². The van der Waals surface area contributed by atoms with E-state index in [0.29, 0.717) is 6.42 Å². The largest absolute Gasteiger partial charge is 0.481 e. The van der Waals surface area contributed by atoms with Gasteiger partial charge in [-0.2, -0.15) is 0 Å². The molecule has 0 spiro atoms. The summed E-state index contributed by atoms with van der Waals surface area (Å²) in [6, 6.07) is -5.35. The first kappa shape index (κ1) is 97.5. The van der Waals surface area contributed by atoms with Gasteiger partial charge in [0, 0.05) is 148 Å². The highest BCUT2D eigenvalue weighted by Gasteiger charge is 2.54. The van der Waals surface area contributed by atoms with Crippen LogP contribution in [0.5, 0.6) is 0 Å². The number of carboxylic acid groups (broad SMARTS) is 1. The van der Waals surface area contributed by atoms with Crippen molar-refractivity contribution in [2.24, 2.45) is 0 Å². The number of nitrogens with zero attached hydrogens (tertiary/aromatic N) is 1. The quantitative estimate of drug-likeness (QED) is 0.0134. The van der Waals surface area contributed by atoms with Gasteiger partial charge in [0.15, 0.2) is 36.6 Å². The Morgan fingerprint density at radius 2 is 0.658 bits per heavy atom. The minimum atomic E-state index is -1.67. The molecule has 3 saturated heterocycles. The van der Waals surface area contributed by atoms with Crippen LogP contribution in [0.4, 0.5) is 0 Å². The third-order valence-corrected chi connectivity index (χ3v) is 17.4. The molecule has 42 nitrogen and oxygen atoms in total. The Morgan fingerprint density at radius 1 is 0.342 bits per heavy atom. The maximum Gasteiger partial charge on any atom is 0.303 e. The maximum atomic E-state index is 14.5. The fourth-order valence-electron chi connectivity index (χ4n) is 12.8. The molecule has 0 radical (unpaired) electrons. The predicted octanol–water partition coefficient (Wildman–Crippen LogP) is -2.61. The zero-order chi connectivity index (χ0) is 85.6. The standard InChI is InChI=1S/C72H106N8O34/c1-36(81)76-60-52(112-55(33-103-39(4)84)63(106-42(7)87)66(60)109-45(10)90)22-16-19-49(93)70(100)74-29-31-80(32-30-75-71(101)50(94)20-17-23-53-61(77-37(2)82)67(110-46(11)91)64(107-43(8)88)56(113-53)34-104-40(5)85)58(96)27-26-48(69(99)73-28-15-13-14-25-59(97)98)79-72(102)51(95)21-18-24-54-62(78-38(3)83)68(111-47(12)92)65(108-44(9)89)57(114-54)35-105-41(6)86/h48,52-57,60-68H,13-35H2,1-12H3,(H,73,99)(H,74,100)(H,75,101)(H,76,81)(H,77,82)(H,78,83)(H,79,102)(H,97,98)/t48-,52?,53?,54?,55?,56?,57?,60?,61?,62?,63?,64?,65?,66?,67?,68?/m0/s1. The van der Waals surface area contributed by atoms with Crippen molar-refractivity contribution >= 4 is 124 Å². The number of carbonyl (C=O) groups excluding carboxylic acids is 20. The maximum absolute atomic E-state index is 14.5. The number of nitrogens with one attached hydrogen (secondary N) is 7. The van der Waals surface area contributed by atoms with E-state index in [2.05, 4.69) is 37.2 Å². The average Bonchev–Trinajstić information content (AvgIpc) is 0.797. The Morgan fingerprint density at radius 3 is 0.956 bits per heavy atom. The van der Waals surface area contributed by atoms with Gasteiger partial charge >= 0.3 is 59.7 Å². The topological polar surface area (TPSA) is 577 Å². The second-order valence-corrected chi connectivity index (χ2v) is 27.1. The lowest BCUT2D eigenvalue weighted by Crippen LogP contribution is -2.66. The first-order chi connectivity index (χ1) is 53.6. The molecule has 0 bridgehead atoms. The summed E-state index contributed by atoms with van der Waals surface area (Å²) in [6.45, 7) is 9.48. The van der Waals surface area contributed by atoms with Gasteiger partial charge in [0.1, 0.15) is 44.2 Å². The highest BCUT2D eigenvalue weighted by atomic mass is 16.7. The molecule has 16 atom stereocenters. The van der Waals surface area contributed by atoms with E-state index in [1.807, 2.05) is 0 Å². The number of hydrogen-bond acceptors (Lipinski definition) is 33. The Kier molecular flexibility index (Phi) is 42.6. The van der Waals surface area contributed by atoms with Crippen LogP contribution < -0.4 is 37.2 Å². The number of ketones is 3. The molecule has 3 rings (SSSR count). The van der Waals surface area contributed by atoms with Crippen LogP contribution in [0.15, 0.2) is 0 Å². The molecule has 8 N–H and O–H groups in total. The number of amides is 8. The summed E-state index contributed by atoms with van der Waals surface area (Å²) in [7, 11) is 0. The molecule has 0 aliphatic carbocycles. The van der Waals surface area contributed by atoms with E-state index >= 15 is 0 Å². The highest BCUT2D eigenvalue weighted by molar-refractivity contribution is 6.37. The molecule has 0 aromatic heterocycles. The van der Waals surface area contributed by atoms with Gasteiger partial charge in [-0.15, -0.1) is 0 Å². The number of esters is 9. The lowest BCUT2D eigenvalue weighted by Gasteiger charge is -2.45. The summed E-state index contributed by atoms with van der Waals surface area (Å²) in [5, 5.41) is 26.7. The molecule has 8 amide bonds. The van der Waals surface area contributed by atoms with Crippen molar-refractivity contribution in [2.45, 2.75) is 277 Å². The summed E-state index contributed by atoms with van der Waals surface area (Å²) < 4.78 is 66.8. The van der Waals surface area contributed by atoms with Gasteiger partial charge in [0.25, 0.3) is 17.7 Å². The molecule has 0 aromatic rings. The Balaban J connectivity index is 1.95. The lowest BCUT2D eigenvalue weighted by molar-refractivity contribution is -0.224. The van der Waals surface area contributed by atoms with Crippen LogP contribution in [0.1, 0.15) is 179 Å². The number of aliphatic carboxylic acids is 1. The molecule has 3 aliphatic rings. The number of ether oxygens (including phenoxy) is 12. The van der Waals surface area contributed by atoms with Crippen molar-refractivity contribution in [1.29, 1.82) is 0 Å². The van der Waals surface area contributed by atoms with Gasteiger partial charge in [-0.05, 0) is 57.8 Å². The van der Waals surface area contributed by atoms with Gasteiger partial charge < -0.3 is 104 Å². The highest BCUT2D eigenvalue weighted by Crippen LogP contribution is 2.33. The molecule has 3 heterocycles. The number of rotatable bonds is 47. The predicted molar refractivity (Wildman–Crippen MR) is 381 cm³/mol. The molecule has 3 fully saturated rings. The van der Waals surface area contributed by atoms with Crippen molar-refractivity contribution in [3.8, 4) is 0 Å². The molecular weight excluding hydrogens is 1520 g/mol. The number of hydrogen-bond donors (Lipinski definition) is 8. The monoisotopic (exact) mass is 1630 g/mol. The van der Waals surface area contributed by atoms with E-state index < -0.39 is 300 Å². The molecule has 0 saturated carbocycles. The SMILES string of the molecule is CC(=O)NC1C(CCCC(=O)C(=O)NCCN(CCNC(=O)C(=O)CCCC2OC(COC(C)=O)C(OC(C)=O)C(OC(C)=O)C2NC(C)=O)C(=O)CC[C@H](NC(=O)C(=O)CCCC2OC(COC(C)=O)C(OC(C)=O)C(OC(C)=O)C2NC(C)=O)C(=O)NCCCCCC(=O)O)OC(COC(C)=O)C(OC(C)=O)C1OC(C)=O. The van der Waals surface area contributed by atoms with Gasteiger partial charge in [-0.3, -0.25) is 101 Å². The second kappa shape index (κ2) is 49.8. The molecule has 0 aromatic carbocycles. The van der Waals surface area contributed by atoms with E-state index in [9.17, 15) is 101 Å². The van der Waals surface area contributed by atoms with Crippen LogP contribution in [0.25, 0.3) is 0 Å². The first-order valence-corrected chi connectivity index (χ1v) is 37.0. The minimum absolute atomic E-state index is 0.0744. The van der Waals surface area contributed by atoms with Crippen molar-refractivity contribution < 1.29 is 163 Å². The van der Waals surface area contributed by atoms with Crippen LogP contribution in [0.2, 0.25) is 0 Å². The Labute approximate surface area is 656 Å². The summed E-state index contributed by atoms with van der Waals surface area (Å²) in [5.41, 5.74) is 0. The molecule has 638 valence electrons. The molecule has 114 heavy (non-hydrogen) atoms. The van der Waals surface area contributed by atoms with E-state index in [1.54, 1.807) is 0 Å². The number of Topliss-reactive ketones (excluding diaryl/α,β-unsaturated/α-hetero) is 3. The van der Waals surface area contributed by atoms with Crippen LogP contribution >= 0.6 is 0 Å². The Hall–Kier alpha value is -10.6. The average molecular weight is 1630 g/mol. The molecule has 3 aliphatic heterocycles. The van der Waals surface area contributed by atoms with Crippen molar-refractivity contribution in [2.75, 3.05) is 52.5 Å². The zero-order valence-electron chi connectivity index (χ0n) is 65.9. The lowest BCUT2D eigenvalue weighted by atomic mass is 9.89. The molecular formula is C72H106N8O34. The smallest absolute Gasteiger partial charge is 0.303 e. The van der Waals surface area contributed by atoms with Crippen LogP contribution in [-0.4, -0.2) is 284 Å².